The van der Waals surface area contributed by atoms with Gasteiger partial charge >= 0.3 is 22.3 Å². The minimum absolute atomic E-state index is 0.227. The number of carboxylic acids is 1. The molecule has 0 aliphatic carbocycles. The van der Waals surface area contributed by atoms with E-state index in [1.807, 2.05) is 0 Å². The Hall–Kier alpha value is -1.39. The number of rotatable bonds is 4. The lowest BCUT2D eigenvalue weighted by Gasteiger charge is -2.20. The lowest BCUT2D eigenvalue weighted by molar-refractivity contribution is -0.140. The molecular weight excluding hydrogens is 280 g/mol. The van der Waals surface area contributed by atoms with Crippen molar-refractivity contribution in [3.05, 3.63) is 0 Å². The standard InChI is InChI=1S/C9H16N2O7S/c1-5(2)18-9(15)10-19(16,17)11-4-6(12)3-7(11)8(13)14/h5-7,12H,3-4H2,1-2H3,(H,10,15)(H,13,14)/t6-,7+/m1/s1. The number of hydrogen-bond acceptors (Lipinski definition) is 6. The second kappa shape index (κ2) is 5.72. The molecule has 3 N–H and O–H groups in total. The van der Waals surface area contributed by atoms with Gasteiger partial charge in [-0.15, -0.1) is 0 Å². The molecule has 1 amide bonds. The highest BCUT2D eigenvalue weighted by Gasteiger charge is 2.43. The maximum atomic E-state index is 11.8. The normalized spacial score (nSPS) is 24.4. The maximum Gasteiger partial charge on any atom is 0.422 e. The minimum atomic E-state index is -4.36. The molecule has 0 saturated carbocycles. The van der Waals surface area contributed by atoms with Crippen LogP contribution < -0.4 is 4.72 Å². The lowest BCUT2D eigenvalue weighted by atomic mass is 10.2. The van der Waals surface area contributed by atoms with Crippen LogP contribution in [0, 0.1) is 0 Å². The average Bonchev–Trinajstić information content (AvgIpc) is 2.58. The van der Waals surface area contributed by atoms with E-state index in [1.165, 1.54) is 13.8 Å². The third-order valence-electron chi connectivity index (χ3n) is 2.38. The highest BCUT2D eigenvalue weighted by Crippen LogP contribution is 2.21. The Balaban J connectivity index is 2.81. The van der Waals surface area contributed by atoms with Gasteiger partial charge in [0.2, 0.25) is 0 Å². The molecule has 9 nitrogen and oxygen atoms in total. The van der Waals surface area contributed by atoms with Crippen molar-refractivity contribution in [1.29, 1.82) is 0 Å². The predicted molar refractivity (Wildman–Crippen MR) is 62.4 cm³/mol. The van der Waals surface area contributed by atoms with Crippen LogP contribution in [0.25, 0.3) is 0 Å². The summed E-state index contributed by atoms with van der Waals surface area (Å²) in [6.07, 6.45) is -3.02. The molecule has 0 radical (unpaired) electrons. The number of amides is 1. The first-order chi connectivity index (χ1) is 8.63. The van der Waals surface area contributed by atoms with Gasteiger partial charge in [0, 0.05) is 13.0 Å². The Bertz CT molecular complexity index is 461. The first kappa shape index (κ1) is 15.7. The van der Waals surface area contributed by atoms with Crippen molar-refractivity contribution in [3.8, 4) is 0 Å². The van der Waals surface area contributed by atoms with E-state index in [2.05, 4.69) is 4.74 Å². The summed E-state index contributed by atoms with van der Waals surface area (Å²) < 4.78 is 30.4. The van der Waals surface area contributed by atoms with Gasteiger partial charge in [-0.2, -0.15) is 12.7 Å². The van der Waals surface area contributed by atoms with E-state index in [9.17, 15) is 23.1 Å². The van der Waals surface area contributed by atoms with Gasteiger partial charge in [0.1, 0.15) is 6.04 Å². The van der Waals surface area contributed by atoms with Crippen LogP contribution in [0.15, 0.2) is 0 Å². The second-order valence-electron chi connectivity index (χ2n) is 4.37. The number of hydrogen-bond donors (Lipinski definition) is 3. The summed E-state index contributed by atoms with van der Waals surface area (Å²) in [7, 11) is -4.36. The minimum Gasteiger partial charge on any atom is -0.480 e. The average molecular weight is 296 g/mol. The number of β-amino-alcohol motifs (C(OH)–C–C–N with tert-alkyl or cyclic N) is 1. The summed E-state index contributed by atoms with van der Waals surface area (Å²) in [5.41, 5.74) is 0. The molecule has 0 aromatic carbocycles. The van der Waals surface area contributed by atoms with Crippen molar-refractivity contribution in [3.63, 3.8) is 0 Å². The van der Waals surface area contributed by atoms with Crippen LogP contribution in [0.3, 0.4) is 0 Å². The van der Waals surface area contributed by atoms with Gasteiger partial charge in [0.25, 0.3) is 0 Å². The third kappa shape index (κ3) is 4.04. The fraction of sp³-hybridized carbons (Fsp3) is 0.778. The highest BCUT2D eigenvalue weighted by atomic mass is 32.2. The Morgan fingerprint density at radius 3 is 2.47 bits per heavy atom. The molecule has 0 unspecified atom stereocenters. The zero-order valence-electron chi connectivity index (χ0n) is 10.4. The van der Waals surface area contributed by atoms with Gasteiger partial charge in [-0.05, 0) is 13.8 Å². The molecule has 0 spiro atoms. The van der Waals surface area contributed by atoms with E-state index >= 15 is 0 Å². The summed E-state index contributed by atoms with van der Waals surface area (Å²) in [5, 5.41) is 18.2. The van der Waals surface area contributed by atoms with E-state index in [0.29, 0.717) is 4.31 Å². The molecule has 2 atom stereocenters. The van der Waals surface area contributed by atoms with Gasteiger partial charge < -0.3 is 14.9 Å². The van der Waals surface area contributed by atoms with Crippen molar-refractivity contribution in [1.82, 2.24) is 9.03 Å². The molecular formula is C9H16N2O7S. The summed E-state index contributed by atoms with van der Waals surface area (Å²) >= 11 is 0. The van der Waals surface area contributed by atoms with Crippen molar-refractivity contribution >= 4 is 22.3 Å². The summed E-state index contributed by atoms with van der Waals surface area (Å²) in [5.74, 6) is -1.39. The summed E-state index contributed by atoms with van der Waals surface area (Å²) in [4.78, 5) is 22.1. The Morgan fingerprint density at radius 1 is 1.42 bits per heavy atom. The van der Waals surface area contributed by atoms with E-state index in [-0.39, 0.29) is 13.0 Å². The fourth-order valence-corrected chi connectivity index (χ4v) is 2.93. The Morgan fingerprint density at radius 2 is 2.00 bits per heavy atom. The monoisotopic (exact) mass is 296 g/mol. The van der Waals surface area contributed by atoms with E-state index in [4.69, 9.17) is 5.11 Å². The van der Waals surface area contributed by atoms with Crippen LogP contribution in [-0.2, 0) is 19.7 Å². The van der Waals surface area contributed by atoms with Gasteiger partial charge in [-0.3, -0.25) is 4.79 Å². The number of carboxylic acid groups (broad SMARTS) is 1. The summed E-state index contributed by atoms with van der Waals surface area (Å²) in [6, 6.07) is -1.40. The highest BCUT2D eigenvalue weighted by molar-refractivity contribution is 7.87. The SMILES string of the molecule is CC(C)OC(=O)NS(=O)(=O)N1C[C@H](O)C[C@H]1C(=O)O. The zero-order chi connectivity index (χ0) is 14.8. The largest absolute Gasteiger partial charge is 0.480 e. The molecule has 1 aliphatic heterocycles. The topological polar surface area (TPSA) is 133 Å². The van der Waals surface area contributed by atoms with Crippen molar-refractivity contribution in [2.45, 2.75) is 38.5 Å². The lowest BCUT2D eigenvalue weighted by Crippen LogP contribution is -2.48. The van der Waals surface area contributed by atoms with Crippen molar-refractivity contribution in [2.24, 2.45) is 0 Å². The van der Waals surface area contributed by atoms with Gasteiger partial charge in [-0.1, -0.05) is 0 Å². The van der Waals surface area contributed by atoms with Crippen LogP contribution in [0.1, 0.15) is 20.3 Å². The molecule has 0 bridgehead atoms. The molecule has 110 valence electrons. The number of aliphatic hydroxyl groups is 1. The fourth-order valence-electron chi connectivity index (χ4n) is 1.68. The van der Waals surface area contributed by atoms with Gasteiger partial charge in [-0.25, -0.2) is 9.52 Å². The molecule has 10 heteroatoms. The van der Waals surface area contributed by atoms with Crippen molar-refractivity contribution in [2.75, 3.05) is 6.54 Å². The number of carbonyl (C=O) groups is 2. The number of carbonyl (C=O) groups excluding carboxylic acids is 1. The zero-order valence-corrected chi connectivity index (χ0v) is 11.3. The molecule has 19 heavy (non-hydrogen) atoms. The Kier molecular flexibility index (Phi) is 4.71. The van der Waals surface area contributed by atoms with E-state index < -0.39 is 40.5 Å². The molecule has 1 heterocycles. The molecule has 0 aromatic rings. The van der Waals surface area contributed by atoms with Gasteiger partial charge in [0.05, 0.1) is 12.2 Å². The van der Waals surface area contributed by atoms with Crippen molar-refractivity contribution < 1.29 is 33.0 Å². The molecule has 0 aromatic heterocycles. The second-order valence-corrected chi connectivity index (χ2v) is 6.00. The first-order valence-electron chi connectivity index (χ1n) is 5.54. The van der Waals surface area contributed by atoms with Crippen LogP contribution in [-0.4, -0.2) is 59.8 Å². The quantitative estimate of drug-likeness (QED) is 0.598. The van der Waals surface area contributed by atoms with Crippen LogP contribution in [0.4, 0.5) is 4.79 Å². The molecule has 1 fully saturated rings. The number of ether oxygens (including phenoxy) is 1. The number of nitrogens with one attached hydrogen (secondary N) is 1. The van der Waals surface area contributed by atoms with Gasteiger partial charge in [0.15, 0.2) is 0 Å². The van der Waals surface area contributed by atoms with E-state index in [1.54, 1.807) is 4.72 Å². The van der Waals surface area contributed by atoms with E-state index in [0.717, 1.165) is 0 Å². The third-order valence-corrected chi connectivity index (χ3v) is 3.83. The van der Waals surface area contributed by atoms with Crippen LogP contribution in [0.2, 0.25) is 0 Å². The number of aliphatic carboxylic acids is 1. The number of aliphatic hydroxyl groups excluding tert-OH is 1. The maximum absolute atomic E-state index is 11.8. The molecule has 1 rings (SSSR count). The molecule has 1 saturated heterocycles. The summed E-state index contributed by atoms with van der Waals surface area (Å²) in [6.45, 7) is 2.68. The smallest absolute Gasteiger partial charge is 0.422 e. The van der Waals surface area contributed by atoms with Crippen LogP contribution in [0.5, 0.6) is 0 Å². The Labute approximate surface area is 110 Å². The first-order valence-corrected chi connectivity index (χ1v) is 6.98. The molecule has 1 aliphatic rings. The predicted octanol–water partition coefficient (Wildman–Crippen LogP) is -1.11. The number of nitrogens with zero attached hydrogens (tertiary/aromatic N) is 1. The van der Waals surface area contributed by atoms with Crippen LogP contribution >= 0.6 is 0 Å².